The summed E-state index contributed by atoms with van der Waals surface area (Å²) in [5.74, 6) is -0.826. The van der Waals surface area contributed by atoms with E-state index >= 15 is 0 Å². The molecule has 0 bridgehead atoms. The Morgan fingerprint density at radius 1 is 1.26 bits per heavy atom. The highest BCUT2D eigenvalue weighted by atomic mass is 32.1. The van der Waals surface area contributed by atoms with Crippen LogP contribution in [-0.4, -0.2) is 23.0 Å². The molecule has 0 saturated carbocycles. The van der Waals surface area contributed by atoms with Gasteiger partial charge in [-0.15, -0.1) is 11.3 Å². The molecule has 2 aromatic heterocycles. The molecule has 23 heavy (non-hydrogen) atoms. The fraction of sp³-hybridized carbons (Fsp3) is 0.176. The van der Waals surface area contributed by atoms with Gasteiger partial charge in [-0.1, -0.05) is 24.3 Å². The van der Waals surface area contributed by atoms with Gasteiger partial charge >= 0.3 is 5.97 Å². The van der Waals surface area contributed by atoms with Crippen molar-refractivity contribution in [2.24, 2.45) is 0 Å². The van der Waals surface area contributed by atoms with Gasteiger partial charge in [0, 0.05) is 22.0 Å². The molecular weight excluding hydrogens is 312 g/mol. The van der Waals surface area contributed by atoms with Crippen molar-refractivity contribution in [2.75, 3.05) is 0 Å². The number of amides is 1. The van der Waals surface area contributed by atoms with Gasteiger partial charge in [-0.25, -0.2) is 4.79 Å². The van der Waals surface area contributed by atoms with Crippen LogP contribution in [0.5, 0.6) is 0 Å². The van der Waals surface area contributed by atoms with Gasteiger partial charge in [-0.2, -0.15) is 0 Å². The minimum Gasteiger partial charge on any atom is -0.449 e. The van der Waals surface area contributed by atoms with Crippen molar-refractivity contribution in [3.63, 3.8) is 0 Å². The predicted octanol–water partition coefficient (Wildman–Crippen LogP) is 3.09. The lowest BCUT2D eigenvalue weighted by molar-refractivity contribution is -0.129. The van der Waals surface area contributed by atoms with Crippen LogP contribution >= 0.6 is 11.3 Å². The van der Waals surface area contributed by atoms with Crippen LogP contribution in [0, 0.1) is 0 Å². The van der Waals surface area contributed by atoms with Crippen molar-refractivity contribution in [1.29, 1.82) is 0 Å². The molecule has 1 aromatic carbocycles. The number of carbonyl (C=O) groups is 2. The molecule has 118 valence electrons. The predicted molar refractivity (Wildman–Crippen MR) is 89.3 cm³/mol. The summed E-state index contributed by atoms with van der Waals surface area (Å²) in [7, 11) is 0. The summed E-state index contributed by atoms with van der Waals surface area (Å²) < 4.78 is 5.27. The van der Waals surface area contributed by atoms with Crippen LogP contribution in [0.15, 0.2) is 48.0 Å². The molecule has 0 unspecified atom stereocenters. The fourth-order valence-electron chi connectivity index (χ4n) is 2.25. The molecule has 2 N–H and O–H groups in total. The Kier molecular flexibility index (Phi) is 4.43. The molecule has 0 fully saturated rings. The van der Waals surface area contributed by atoms with Gasteiger partial charge in [-0.05, 0) is 24.4 Å². The van der Waals surface area contributed by atoms with Gasteiger partial charge in [0.2, 0.25) is 0 Å². The van der Waals surface area contributed by atoms with Gasteiger partial charge in [-0.3, -0.25) is 4.79 Å². The number of ether oxygens (including phenoxy) is 1. The molecule has 0 saturated heterocycles. The number of aromatic nitrogens is 1. The number of H-pyrrole nitrogens is 1. The van der Waals surface area contributed by atoms with E-state index in [9.17, 15) is 9.59 Å². The van der Waals surface area contributed by atoms with Gasteiger partial charge in [0.05, 0.1) is 12.1 Å². The Bertz CT molecular complexity index is 823. The first-order valence-electron chi connectivity index (χ1n) is 7.22. The van der Waals surface area contributed by atoms with Crippen LogP contribution < -0.4 is 5.32 Å². The SMILES string of the molecule is C[C@@H](OC(=O)c1c[nH]c2ccccc12)C(=O)NCc1cccs1. The molecule has 3 rings (SSSR count). The van der Waals surface area contributed by atoms with Crippen LogP contribution in [0.1, 0.15) is 22.2 Å². The summed E-state index contributed by atoms with van der Waals surface area (Å²) in [5.41, 5.74) is 1.28. The van der Waals surface area contributed by atoms with E-state index in [4.69, 9.17) is 4.74 Å². The molecule has 5 nitrogen and oxygen atoms in total. The second-order valence-electron chi connectivity index (χ2n) is 5.09. The fourth-order valence-corrected chi connectivity index (χ4v) is 2.89. The van der Waals surface area contributed by atoms with E-state index < -0.39 is 12.1 Å². The lowest BCUT2D eigenvalue weighted by Crippen LogP contribution is -2.35. The maximum absolute atomic E-state index is 12.2. The van der Waals surface area contributed by atoms with Gasteiger partial charge in [0.1, 0.15) is 0 Å². The van der Waals surface area contributed by atoms with Gasteiger partial charge in [0.25, 0.3) is 5.91 Å². The number of esters is 1. The Morgan fingerprint density at radius 2 is 2.09 bits per heavy atom. The maximum Gasteiger partial charge on any atom is 0.341 e. The first kappa shape index (κ1) is 15.3. The third-order valence-corrected chi connectivity index (χ3v) is 4.36. The molecule has 3 aromatic rings. The van der Waals surface area contributed by atoms with Crippen molar-refractivity contribution in [3.05, 3.63) is 58.4 Å². The van der Waals surface area contributed by atoms with Crippen molar-refractivity contribution in [3.8, 4) is 0 Å². The summed E-state index contributed by atoms with van der Waals surface area (Å²) in [4.78, 5) is 28.3. The van der Waals surface area contributed by atoms with E-state index in [0.717, 1.165) is 15.8 Å². The van der Waals surface area contributed by atoms with E-state index in [2.05, 4.69) is 10.3 Å². The highest BCUT2D eigenvalue weighted by molar-refractivity contribution is 7.09. The number of thiophene rings is 1. The first-order chi connectivity index (χ1) is 11.1. The third kappa shape index (κ3) is 3.43. The molecule has 0 aliphatic heterocycles. The van der Waals surface area contributed by atoms with E-state index in [1.165, 1.54) is 0 Å². The summed E-state index contributed by atoms with van der Waals surface area (Å²) in [5, 5.41) is 5.49. The summed E-state index contributed by atoms with van der Waals surface area (Å²) in [6.07, 6.45) is 0.750. The Balaban J connectivity index is 1.61. The number of fused-ring (bicyclic) bond motifs is 1. The van der Waals surface area contributed by atoms with Crippen molar-refractivity contribution in [2.45, 2.75) is 19.6 Å². The normalized spacial score (nSPS) is 12.0. The number of carbonyl (C=O) groups excluding carboxylic acids is 2. The standard InChI is InChI=1S/C17H16N2O3S/c1-11(16(20)19-9-12-5-4-8-23-12)22-17(21)14-10-18-15-7-3-2-6-13(14)15/h2-8,10-11,18H,9H2,1H3,(H,19,20)/t11-/m1/s1. The Hall–Kier alpha value is -2.60. The molecule has 1 amide bonds. The number of hydrogen-bond donors (Lipinski definition) is 2. The zero-order chi connectivity index (χ0) is 16.2. The highest BCUT2D eigenvalue weighted by Crippen LogP contribution is 2.19. The van der Waals surface area contributed by atoms with Crippen molar-refractivity contribution in [1.82, 2.24) is 10.3 Å². The van der Waals surface area contributed by atoms with Crippen molar-refractivity contribution >= 4 is 34.1 Å². The number of hydrogen-bond acceptors (Lipinski definition) is 4. The molecule has 0 aliphatic rings. The molecular formula is C17H16N2O3S. The number of benzene rings is 1. The zero-order valence-corrected chi connectivity index (χ0v) is 13.4. The monoisotopic (exact) mass is 328 g/mol. The van der Waals surface area contributed by atoms with Crippen molar-refractivity contribution < 1.29 is 14.3 Å². The lowest BCUT2D eigenvalue weighted by Gasteiger charge is -2.12. The van der Waals surface area contributed by atoms with Crippen LogP contribution in [0.3, 0.4) is 0 Å². The second kappa shape index (κ2) is 6.66. The number of nitrogens with one attached hydrogen (secondary N) is 2. The summed E-state index contributed by atoms with van der Waals surface area (Å²) in [6.45, 7) is 2.00. The third-order valence-electron chi connectivity index (χ3n) is 3.48. The minimum absolute atomic E-state index is 0.313. The van der Waals surface area contributed by atoms with E-state index in [1.54, 1.807) is 24.5 Å². The van der Waals surface area contributed by atoms with E-state index in [1.807, 2.05) is 41.8 Å². The van der Waals surface area contributed by atoms with Crippen LogP contribution in [0.2, 0.25) is 0 Å². The minimum atomic E-state index is -0.851. The van der Waals surface area contributed by atoms with Gasteiger partial charge < -0.3 is 15.0 Å². The highest BCUT2D eigenvalue weighted by Gasteiger charge is 2.20. The topological polar surface area (TPSA) is 71.2 Å². The molecule has 2 heterocycles. The zero-order valence-electron chi connectivity index (χ0n) is 12.5. The van der Waals surface area contributed by atoms with Crippen LogP contribution in [-0.2, 0) is 16.1 Å². The number of para-hydroxylation sites is 1. The molecule has 6 heteroatoms. The van der Waals surface area contributed by atoms with E-state index in [-0.39, 0.29) is 5.91 Å². The first-order valence-corrected chi connectivity index (χ1v) is 8.10. The average Bonchev–Trinajstić information content (AvgIpc) is 3.21. The van der Waals surface area contributed by atoms with E-state index in [0.29, 0.717) is 12.1 Å². The average molecular weight is 328 g/mol. The Morgan fingerprint density at radius 3 is 2.87 bits per heavy atom. The number of aromatic amines is 1. The molecule has 0 spiro atoms. The second-order valence-corrected chi connectivity index (χ2v) is 6.12. The Labute approximate surface area is 137 Å². The van der Waals surface area contributed by atoms with Crippen LogP contribution in [0.25, 0.3) is 10.9 Å². The largest absolute Gasteiger partial charge is 0.449 e. The maximum atomic E-state index is 12.2. The molecule has 0 aliphatic carbocycles. The smallest absolute Gasteiger partial charge is 0.341 e. The quantitative estimate of drug-likeness (QED) is 0.707. The summed E-state index contributed by atoms with van der Waals surface area (Å²) in [6, 6.07) is 11.3. The number of rotatable bonds is 5. The summed E-state index contributed by atoms with van der Waals surface area (Å²) >= 11 is 1.56. The molecule has 0 radical (unpaired) electrons. The molecule has 1 atom stereocenters. The van der Waals surface area contributed by atoms with Gasteiger partial charge in [0.15, 0.2) is 6.10 Å². The van der Waals surface area contributed by atoms with Crippen LogP contribution in [0.4, 0.5) is 0 Å². The lowest BCUT2D eigenvalue weighted by atomic mass is 10.2.